The molecule has 0 amide bonds. The number of aromatic nitrogens is 12. The Labute approximate surface area is 631 Å². The van der Waals surface area contributed by atoms with E-state index in [2.05, 4.69) is 330 Å². The zero-order chi connectivity index (χ0) is 73.0. The molecular weight excluding hydrogens is 1370 g/mol. The highest BCUT2D eigenvalue weighted by molar-refractivity contribution is 6.29. The fraction of sp³-hybridized carbons (Fsp3) is 0. The number of hydrogen-bond donors (Lipinski definition) is 0. The van der Waals surface area contributed by atoms with E-state index in [4.69, 9.17) is 13.3 Å². The molecule has 12 heterocycles. The zero-order valence-electron chi connectivity index (χ0n) is 59.2. The van der Waals surface area contributed by atoms with Gasteiger partial charge in [-0.05, 0) is 133 Å². The molecule has 0 atom stereocenters. The van der Waals surface area contributed by atoms with Crippen molar-refractivity contribution < 1.29 is 13.3 Å². The van der Waals surface area contributed by atoms with Gasteiger partial charge >= 0.3 is 0 Å². The second-order valence-electron chi connectivity index (χ2n) is 27.4. The summed E-state index contributed by atoms with van der Waals surface area (Å²) < 4.78 is 32.5. The smallest absolute Gasteiger partial charge is 0.247 e. The molecule has 0 unspecified atom stereocenters. The Kier molecular flexibility index (Phi) is 14.5. The third-order valence-electron chi connectivity index (χ3n) is 21.2. The molecule has 12 aromatic carbocycles. The molecule has 0 bridgehead atoms. The van der Waals surface area contributed by atoms with Gasteiger partial charge in [-0.3, -0.25) is 28.7 Å². The Balaban J connectivity index is 0.000000102. The second kappa shape index (κ2) is 25.7. The van der Waals surface area contributed by atoms with E-state index in [0.717, 1.165) is 61.2 Å². The summed E-state index contributed by atoms with van der Waals surface area (Å²) in [6.07, 6.45) is 10.6. The third-order valence-corrected chi connectivity index (χ3v) is 21.2. The Morgan fingerprint density at radius 1 is 0.189 bits per heavy atom. The van der Waals surface area contributed by atoms with Crippen molar-refractivity contribution in [3.8, 4) is 69.5 Å². The standard InChI is InChI=1S/3C32H20N4O/c1-2-10-21(11-3-1)35-27-15-6-4-12-22(27)24-17-18-25-23-13-5-7-16-28(23)36(31(25)30(24)35)29-20-34-32(37-29)26-14-8-9-19-33-26;1-2-10-21(11-3-1)35-25-15-6-4-12-22(25)30-27(35)17-18-28-31(30)23-13-5-7-16-26(23)36(28)29-20-34-32(37-29)24-14-8-9-19-33-24;1-2-10-21(11-3-1)35-27-15-6-4-12-22(27)24-18-25-23-13-5-7-16-28(23)36(30(25)19-29(24)35)31-20-34-32(37-31)26-14-8-9-17-33-26/h3*1-20H. The van der Waals surface area contributed by atoms with Crippen molar-refractivity contribution in [2.75, 3.05) is 0 Å². The lowest BCUT2D eigenvalue weighted by Gasteiger charge is -2.10. The van der Waals surface area contributed by atoms with Gasteiger partial charge in [-0.15, -0.1) is 0 Å². The molecule has 12 aromatic heterocycles. The van der Waals surface area contributed by atoms with E-state index >= 15 is 0 Å². The van der Waals surface area contributed by atoms with Gasteiger partial charge in [0.05, 0.1) is 84.8 Å². The van der Waals surface area contributed by atoms with Crippen molar-refractivity contribution in [2.45, 2.75) is 0 Å². The van der Waals surface area contributed by atoms with Crippen LogP contribution in [-0.2, 0) is 0 Å². The lowest BCUT2D eigenvalue weighted by Crippen LogP contribution is -1.97. The van der Waals surface area contributed by atoms with Gasteiger partial charge in [0.15, 0.2) is 0 Å². The Hall–Kier alpha value is -15.5. The van der Waals surface area contributed by atoms with Crippen LogP contribution in [0.25, 0.3) is 200 Å². The van der Waals surface area contributed by atoms with Gasteiger partial charge < -0.3 is 27.0 Å². The van der Waals surface area contributed by atoms with Gasteiger partial charge in [0.2, 0.25) is 35.3 Å². The third kappa shape index (κ3) is 10.1. The molecule has 15 nitrogen and oxygen atoms in total. The van der Waals surface area contributed by atoms with Gasteiger partial charge in [-0.2, -0.15) is 0 Å². The summed E-state index contributed by atoms with van der Waals surface area (Å²) in [6, 6.07) is 114. The van der Waals surface area contributed by atoms with Gasteiger partial charge in [0.25, 0.3) is 0 Å². The first kappa shape index (κ1) is 62.9. The molecule has 0 aliphatic heterocycles. The predicted octanol–water partition coefficient (Wildman–Crippen LogP) is 23.8. The number of oxazole rings is 3. The molecule has 0 saturated heterocycles. The first-order chi connectivity index (χ1) is 55.1. The van der Waals surface area contributed by atoms with E-state index in [-0.39, 0.29) is 0 Å². The summed E-state index contributed by atoms with van der Waals surface area (Å²) in [6.45, 7) is 0. The van der Waals surface area contributed by atoms with Crippen LogP contribution in [0.1, 0.15) is 0 Å². The Morgan fingerprint density at radius 3 is 0.919 bits per heavy atom. The summed E-state index contributed by atoms with van der Waals surface area (Å²) in [5, 5.41) is 14.4. The maximum atomic E-state index is 6.38. The molecule has 15 heteroatoms. The zero-order valence-corrected chi connectivity index (χ0v) is 59.2. The average molecular weight is 1430 g/mol. The quantitative estimate of drug-likeness (QED) is 0.138. The van der Waals surface area contributed by atoms with Gasteiger partial charge in [0.1, 0.15) is 17.1 Å². The maximum absolute atomic E-state index is 6.38. The molecule has 0 fully saturated rings. The first-order valence-corrected chi connectivity index (χ1v) is 36.8. The fourth-order valence-electron chi connectivity index (χ4n) is 16.6. The van der Waals surface area contributed by atoms with Gasteiger partial charge in [-0.25, -0.2) is 15.0 Å². The fourth-order valence-corrected chi connectivity index (χ4v) is 16.6. The molecular formula is C96H60N12O3. The number of benzene rings is 12. The highest BCUT2D eigenvalue weighted by Crippen LogP contribution is 2.46. The minimum Gasteiger partial charge on any atom is -0.418 e. The molecule has 0 saturated carbocycles. The van der Waals surface area contributed by atoms with E-state index in [1.807, 2.05) is 54.6 Å². The topological polar surface area (TPSA) is 146 Å². The summed E-state index contributed by atoms with van der Waals surface area (Å²) in [5.74, 6) is 3.48. The number of para-hydroxylation sites is 9. The number of nitrogens with zero attached hydrogens (tertiary/aromatic N) is 12. The van der Waals surface area contributed by atoms with Crippen molar-refractivity contribution in [3.05, 3.63) is 365 Å². The highest BCUT2D eigenvalue weighted by atomic mass is 16.4. The minimum absolute atomic E-state index is 0.498. The average Bonchev–Trinajstić information content (AvgIpc) is 1.56. The lowest BCUT2D eigenvalue weighted by atomic mass is 10.1. The molecule has 24 rings (SSSR count). The molecule has 0 N–H and O–H groups in total. The molecule has 0 aliphatic rings. The molecule has 111 heavy (non-hydrogen) atoms. The first-order valence-electron chi connectivity index (χ1n) is 36.8. The SMILES string of the molecule is c1ccc(-n2c3ccccc3c3c4c5ccccc5n(-c5cnc(-c6ccccn6)o5)c4ccc32)cc1.c1ccc(-n2c3ccccc3c3cc4c5ccccc5n(-c5cnc(-c6ccccn6)o5)c4cc32)cc1.c1ccc(-n2c3ccccc3c3ccc4c5ccccc5n(-c5cnc(-c6ccccn6)o5)c4c32)cc1. The van der Waals surface area contributed by atoms with E-state index in [0.29, 0.717) is 52.4 Å². The summed E-state index contributed by atoms with van der Waals surface area (Å²) in [4.78, 5) is 27.0. The van der Waals surface area contributed by atoms with Crippen molar-refractivity contribution in [1.29, 1.82) is 0 Å². The predicted molar refractivity (Wildman–Crippen MR) is 445 cm³/mol. The second-order valence-corrected chi connectivity index (χ2v) is 27.4. The van der Waals surface area contributed by atoms with Crippen LogP contribution in [0.15, 0.2) is 378 Å². The molecule has 24 aromatic rings. The normalized spacial score (nSPS) is 11.8. The van der Waals surface area contributed by atoms with E-state index in [1.54, 1.807) is 37.2 Å². The van der Waals surface area contributed by atoms with Crippen LogP contribution < -0.4 is 0 Å². The van der Waals surface area contributed by atoms with Crippen LogP contribution in [0.2, 0.25) is 0 Å². The van der Waals surface area contributed by atoms with Crippen LogP contribution in [-0.4, -0.2) is 57.3 Å². The summed E-state index contributed by atoms with van der Waals surface area (Å²) in [5.41, 5.74) is 19.0. The number of fused-ring (bicyclic) bond motifs is 20. The highest BCUT2D eigenvalue weighted by Gasteiger charge is 2.27. The minimum atomic E-state index is 0.498. The monoisotopic (exact) mass is 1430 g/mol. The van der Waals surface area contributed by atoms with Crippen LogP contribution in [0.5, 0.6) is 0 Å². The maximum Gasteiger partial charge on any atom is 0.247 e. The van der Waals surface area contributed by atoms with Crippen molar-refractivity contribution in [1.82, 2.24) is 57.3 Å². The van der Waals surface area contributed by atoms with Crippen LogP contribution in [0, 0.1) is 0 Å². The van der Waals surface area contributed by atoms with Crippen molar-refractivity contribution in [3.63, 3.8) is 0 Å². The van der Waals surface area contributed by atoms with Crippen LogP contribution >= 0.6 is 0 Å². The Morgan fingerprint density at radius 2 is 0.486 bits per heavy atom. The molecule has 522 valence electrons. The molecule has 0 aliphatic carbocycles. The van der Waals surface area contributed by atoms with Gasteiger partial charge in [-0.1, -0.05) is 194 Å². The van der Waals surface area contributed by atoms with E-state index in [9.17, 15) is 0 Å². The lowest BCUT2D eigenvalue weighted by molar-refractivity contribution is 0.551. The van der Waals surface area contributed by atoms with Crippen LogP contribution in [0.3, 0.4) is 0 Å². The summed E-state index contributed by atoms with van der Waals surface area (Å²) >= 11 is 0. The largest absolute Gasteiger partial charge is 0.418 e. The van der Waals surface area contributed by atoms with Crippen molar-refractivity contribution in [2.24, 2.45) is 0 Å². The summed E-state index contributed by atoms with van der Waals surface area (Å²) in [7, 11) is 0. The molecule has 0 spiro atoms. The van der Waals surface area contributed by atoms with Gasteiger partial charge in [0, 0.05) is 100 Å². The van der Waals surface area contributed by atoms with Crippen LogP contribution in [0.4, 0.5) is 0 Å². The van der Waals surface area contributed by atoms with E-state index in [1.165, 1.54) is 86.7 Å². The van der Waals surface area contributed by atoms with Crippen molar-refractivity contribution >= 4 is 131 Å². The molecule has 0 radical (unpaired) electrons. The van der Waals surface area contributed by atoms with E-state index < -0.39 is 0 Å². The number of hydrogen-bond acceptors (Lipinski definition) is 9. The Bertz CT molecular complexity index is 7700. The number of rotatable bonds is 9. The number of pyridine rings is 3.